The zero-order chi connectivity index (χ0) is 53.4. The van der Waals surface area contributed by atoms with Crippen molar-refractivity contribution in [2.45, 2.75) is 76.4 Å². The van der Waals surface area contributed by atoms with Gasteiger partial charge in [0.2, 0.25) is 11.3 Å². The lowest BCUT2D eigenvalue weighted by Gasteiger charge is -2.36. The fourth-order valence-electron chi connectivity index (χ4n) is 9.26. The van der Waals surface area contributed by atoms with Gasteiger partial charge in [0.1, 0.15) is 37.2 Å². The van der Waals surface area contributed by atoms with E-state index in [9.17, 15) is 48.1 Å². The van der Waals surface area contributed by atoms with E-state index in [0.29, 0.717) is 16.6 Å². The molecule has 0 radical (unpaired) electrons. The van der Waals surface area contributed by atoms with Gasteiger partial charge in [-0.1, -0.05) is 50.0 Å². The number of nitrogen functional groups attached to an aromatic ring is 1. The molecule has 0 bridgehead atoms. The van der Waals surface area contributed by atoms with Gasteiger partial charge in [-0.25, -0.2) is 23.1 Å². The zero-order valence-corrected chi connectivity index (χ0v) is 43.6. The van der Waals surface area contributed by atoms with Gasteiger partial charge < -0.3 is 55.4 Å². The molecule has 3 heterocycles. The highest BCUT2D eigenvalue weighted by molar-refractivity contribution is 7.66. The second-order valence-electron chi connectivity index (χ2n) is 18.5. The summed E-state index contributed by atoms with van der Waals surface area (Å²) in [5, 5.41) is 26.3. The Morgan fingerprint density at radius 1 is 0.986 bits per heavy atom. The first-order chi connectivity index (χ1) is 34.2. The number of hydrogen-bond acceptors (Lipinski definition) is 15. The van der Waals surface area contributed by atoms with Crippen LogP contribution in [0.4, 0.5) is 11.5 Å². The number of aryl methyl sites for hydroxylation is 1. The maximum Gasteiger partial charge on any atom is 0.490 e. The van der Waals surface area contributed by atoms with Crippen LogP contribution in [-0.2, 0) is 48.2 Å². The van der Waals surface area contributed by atoms with E-state index in [-0.39, 0.29) is 48.1 Å². The van der Waals surface area contributed by atoms with Gasteiger partial charge >= 0.3 is 29.2 Å². The Labute approximate surface area is 420 Å². The molecule has 73 heavy (non-hydrogen) atoms. The molecule has 1 aromatic heterocycles. The van der Waals surface area contributed by atoms with Crippen molar-refractivity contribution in [3.63, 3.8) is 0 Å². The van der Waals surface area contributed by atoms with Crippen molar-refractivity contribution in [3.05, 3.63) is 121 Å². The van der Waals surface area contributed by atoms with E-state index in [4.69, 9.17) is 20.3 Å². The summed E-state index contributed by atoms with van der Waals surface area (Å²) in [6.45, 7) is 7.62. The summed E-state index contributed by atoms with van der Waals surface area (Å²) in [6.07, 6.45) is -3.73. The van der Waals surface area contributed by atoms with Gasteiger partial charge in [-0.15, -0.1) is 0 Å². The van der Waals surface area contributed by atoms with E-state index in [0.717, 1.165) is 59.7 Å². The Hall–Kier alpha value is -5.40. The van der Waals surface area contributed by atoms with Crippen molar-refractivity contribution >= 4 is 52.4 Å². The first-order valence-electron chi connectivity index (χ1n) is 23.1. The molecule has 2 unspecified atom stereocenters. The number of aromatic nitrogens is 2. The second kappa shape index (κ2) is 21.8. The number of nitrogens with two attached hydrogens (primary N) is 1. The number of aliphatic hydroxyl groups excluding tert-OH is 2. The van der Waals surface area contributed by atoms with Crippen LogP contribution in [0.25, 0.3) is 5.57 Å². The predicted octanol–water partition coefficient (Wildman–Crippen LogP) is 1.22. The van der Waals surface area contributed by atoms with Crippen LogP contribution >= 0.6 is 23.5 Å². The Morgan fingerprint density at radius 3 is 2.41 bits per heavy atom. The Bertz CT molecular complexity index is 3240. The molecule has 7 rings (SSSR count). The molecule has 0 saturated carbocycles. The average molecular weight is 1070 g/mol. The molecule has 1 aliphatic carbocycles. The molecule has 0 spiro atoms. The summed E-state index contributed by atoms with van der Waals surface area (Å²) in [5.41, 5.74) is 12.6. The van der Waals surface area contributed by atoms with E-state index in [1.807, 2.05) is 38.4 Å². The van der Waals surface area contributed by atoms with E-state index in [2.05, 4.69) is 95.9 Å². The molecular weight excluding hydrogens is 1010 g/mol. The van der Waals surface area contributed by atoms with E-state index in [1.165, 1.54) is 22.0 Å². The number of phosphoric acid groups is 3. The third-order valence-corrected chi connectivity index (χ3v) is 16.7. The van der Waals surface area contributed by atoms with E-state index in [1.54, 1.807) is 11.9 Å². The number of rotatable bonds is 17. The number of hydrogen-bond donors (Lipinski definition) is 8. The summed E-state index contributed by atoms with van der Waals surface area (Å²) >= 11 is 0. The van der Waals surface area contributed by atoms with Gasteiger partial charge in [-0.05, 0) is 77.1 Å². The fourth-order valence-corrected chi connectivity index (χ4v) is 12.3. The molecule has 392 valence electrons. The fraction of sp³-hybridized carbons (Fsp3) is 0.426. The third-order valence-electron chi connectivity index (χ3n) is 12.9. The minimum atomic E-state index is -5.84. The number of nitrogens with zero attached hydrogens (tertiary/aromatic N) is 5. The summed E-state index contributed by atoms with van der Waals surface area (Å²) in [5.74, 6) is 4.48. The Kier molecular flexibility index (Phi) is 16.5. The summed E-state index contributed by atoms with van der Waals surface area (Å²) < 4.78 is 55.1. The highest BCUT2D eigenvalue weighted by atomic mass is 31.3. The SMILES string of the molecule is CC[N+]1=c2cc3c(cc2CCC1)=C(c1ccccc1C(=O)N(C)CCCC(=O)NCC#Cc1cn([C@@H]2O[C@H](COP(=O)(O)OP(=O)(O)OP(=O)(O)O)[C@@H](O)[C@H]2O)c(=O)nc1N)c1ccc(N(C)C)cc1C3(C)C. The van der Waals surface area contributed by atoms with Crippen LogP contribution in [0.5, 0.6) is 0 Å². The van der Waals surface area contributed by atoms with Crippen molar-refractivity contribution in [1.29, 1.82) is 0 Å². The Balaban J connectivity index is 1.00. The largest absolute Gasteiger partial charge is 0.490 e. The number of aliphatic hydroxyl groups is 2. The Morgan fingerprint density at radius 2 is 1.71 bits per heavy atom. The van der Waals surface area contributed by atoms with Crippen LogP contribution in [0.2, 0.25) is 0 Å². The molecule has 2 aliphatic heterocycles. The normalized spacial score (nSPS) is 20.6. The minimum Gasteiger partial charge on any atom is -0.387 e. The van der Waals surface area contributed by atoms with Crippen molar-refractivity contribution in [2.75, 3.05) is 64.6 Å². The molecule has 3 aromatic carbocycles. The number of ether oxygens (including phenoxy) is 1. The predicted molar refractivity (Wildman–Crippen MR) is 266 cm³/mol. The van der Waals surface area contributed by atoms with Crippen molar-refractivity contribution in [2.24, 2.45) is 0 Å². The van der Waals surface area contributed by atoms with Crippen LogP contribution in [0.15, 0.2) is 65.6 Å². The topological polar surface area (TPSA) is 326 Å². The summed E-state index contributed by atoms with van der Waals surface area (Å²) in [4.78, 5) is 84.1. The molecule has 3 aliphatic rings. The lowest BCUT2D eigenvalue weighted by molar-refractivity contribution is -0.121. The first kappa shape index (κ1) is 55.4. The lowest BCUT2D eigenvalue weighted by Crippen LogP contribution is -2.43. The van der Waals surface area contributed by atoms with Gasteiger partial charge in [0.05, 0.1) is 18.7 Å². The molecule has 1 saturated heterocycles. The van der Waals surface area contributed by atoms with Gasteiger partial charge in [0.15, 0.2) is 6.23 Å². The number of amides is 2. The van der Waals surface area contributed by atoms with E-state index >= 15 is 0 Å². The number of nitrogens with one attached hydrogen (secondary N) is 1. The molecule has 23 nitrogen and oxygen atoms in total. The van der Waals surface area contributed by atoms with Crippen molar-refractivity contribution < 1.29 is 71.0 Å². The monoisotopic (exact) mass is 1070 g/mol. The van der Waals surface area contributed by atoms with E-state index < -0.39 is 60.3 Å². The molecule has 2 amide bonds. The third kappa shape index (κ3) is 12.4. The zero-order valence-electron chi connectivity index (χ0n) is 40.9. The lowest BCUT2D eigenvalue weighted by atomic mass is 9.68. The number of anilines is 2. The number of benzene rings is 3. The summed E-state index contributed by atoms with van der Waals surface area (Å²) in [6, 6.07) is 18.9. The van der Waals surface area contributed by atoms with Crippen LogP contribution in [0.1, 0.15) is 90.0 Å². The smallest absolute Gasteiger partial charge is 0.387 e. The standard InChI is InChI=1S/C47H58N7O16P3/c1-7-53-22-11-14-28-23-34-36(25-37(28)53)47(2,3)35-24-30(51(4)5)18-19-33(35)40(34)31-15-8-9-16-32(31)44(58)52(6)21-12-17-39(55)49-20-10-13-29-26-54(46(59)50-43(29)48)45-42(57)41(56)38(68-45)27-67-72(63,64)70-73(65,66)69-71(60,61)62/h8-9,15-16,18-19,23-26,38,41-42,45,56-57H,7,11-12,14,17,20-22,27H2,1-6H3,(H6-,48,49,50,55,59,60,61,62,63,64,65,66)/p+1/t38-,41-,42-,45-/m1/s1. The van der Waals surface area contributed by atoms with Gasteiger partial charge in [-0.2, -0.15) is 13.6 Å². The van der Waals surface area contributed by atoms with Gasteiger partial charge in [-0.3, -0.25) is 18.7 Å². The molecule has 9 N–H and O–H groups in total. The van der Waals surface area contributed by atoms with Crippen LogP contribution in [0, 0.1) is 11.8 Å². The molecule has 4 aromatic rings. The maximum atomic E-state index is 14.4. The second-order valence-corrected chi connectivity index (χ2v) is 22.9. The maximum absolute atomic E-state index is 14.4. The molecular formula is C47H59N7O16P3+. The first-order valence-corrected chi connectivity index (χ1v) is 27.6. The number of carbonyl (C=O) groups is 2. The number of carbonyl (C=O) groups excluding carboxylic acids is 2. The van der Waals surface area contributed by atoms with Crippen LogP contribution < -0.4 is 36.8 Å². The number of fused-ring (bicyclic) bond motifs is 3. The number of phosphoric ester groups is 1. The van der Waals surface area contributed by atoms with Crippen molar-refractivity contribution in [1.82, 2.24) is 24.3 Å². The van der Waals surface area contributed by atoms with Crippen molar-refractivity contribution in [3.8, 4) is 11.8 Å². The minimum absolute atomic E-state index is 0.0548. The van der Waals surface area contributed by atoms with Crippen LogP contribution in [-0.4, -0.2) is 128 Å². The average Bonchev–Trinajstić information content (AvgIpc) is 3.59. The molecule has 26 heteroatoms. The molecule has 6 atom stereocenters. The highest BCUT2D eigenvalue weighted by Gasteiger charge is 2.47. The molecule has 1 fully saturated rings. The quantitative estimate of drug-likeness (QED) is 0.0419. The van der Waals surface area contributed by atoms with Crippen LogP contribution in [0.3, 0.4) is 0 Å². The van der Waals surface area contributed by atoms with Gasteiger partial charge in [0.25, 0.3) is 5.91 Å². The summed E-state index contributed by atoms with van der Waals surface area (Å²) in [7, 11) is -11.4. The highest BCUT2D eigenvalue weighted by Crippen LogP contribution is 2.66. The van der Waals surface area contributed by atoms with Gasteiger partial charge in [0, 0.05) is 75.0 Å².